The van der Waals surface area contributed by atoms with E-state index in [4.69, 9.17) is 0 Å². The molecule has 4 aromatic rings. The summed E-state index contributed by atoms with van der Waals surface area (Å²) in [5.74, 6) is 0.606. The first-order chi connectivity index (χ1) is 13.8. The molecule has 4 rings (SSSR count). The van der Waals surface area contributed by atoms with Crippen LogP contribution in [0.15, 0.2) is 83.5 Å². The van der Waals surface area contributed by atoms with Gasteiger partial charge in [-0.25, -0.2) is 0 Å². The zero-order valence-electron chi connectivity index (χ0n) is 14.8. The molecule has 2 aromatic heterocycles. The molecule has 8 heteroatoms. The Morgan fingerprint density at radius 1 is 1.04 bits per heavy atom. The molecule has 0 fully saturated rings. The van der Waals surface area contributed by atoms with Gasteiger partial charge in [0.2, 0.25) is 5.13 Å². The van der Waals surface area contributed by atoms with Gasteiger partial charge in [-0.3, -0.25) is 14.8 Å². The van der Waals surface area contributed by atoms with Crippen LogP contribution in [0.4, 0.5) is 5.13 Å². The fourth-order valence-corrected chi connectivity index (χ4v) is 4.42. The number of anilines is 1. The molecule has 6 nitrogen and oxygen atoms in total. The maximum Gasteiger partial charge on any atom is 0.255 e. The molecule has 140 valence electrons. The van der Waals surface area contributed by atoms with E-state index in [-0.39, 0.29) is 5.91 Å². The molecule has 0 spiro atoms. The first kappa shape index (κ1) is 18.4. The van der Waals surface area contributed by atoms with E-state index >= 15 is 0 Å². The Bertz CT molecular complexity index is 1020. The number of carbonyl (C=O) groups is 1. The van der Waals surface area contributed by atoms with Crippen molar-refractivity contribution in [3.63, 3.8) is 0 Å². The van der Waals surface area contributed by atoms with Crippen LogP contribution in [-0.4, -0.2) is 25.9 Å². The Morgan fingerprint density at radius 3 is 2.50 bits per heavy atom. The number of hydrogen-bond donors (Lipinski definition) is 1. The van der Waals surface area contributed by atoms with Gasteiger partial charge >= 0.3 is 0 Å². The van der Waals surface area contributed by atoms with E-state index in [1.807, 2.05) is 48.5 Å². The van der Waals surface area contributed by atoms with Gasteiger partial charge in [0, 0.05) is 18.1 Å². The largest absolute Gasteiger partial charge is 0.298 e. The normalized spacial score (nSPS) is 11.9. The second kappa shape index (κ2) is 8.81. The second-order valence-corrected chi connectivity index (χ2v) is 8.14. The highest BCUT2D eigenvalue weighted by Gasteiger charge is 2.24. The van der Waals surface area contributed by atoms with Crippen LogP contribution in [0.5, 0.6) is 0 Å². The summed E-state index contributed by atoms with van der Waals surface area (Å²) in [5.41, 5.74) is 2.07. The SMILES string of the molecule is O=C(Nc1nnc(SCc2ccccc2)s1)C(c1ccccc1)n1cccn1. The van der Waals surface area contributed by atoms with E-state index in [0.29, 0.717) is 5.13 Å². The van der Waals surface area contributed by atoms with Gasteiger partial charge in [0.1, 0.15) is 0 Å². The van der Waals surface area contributed by atoms with Gasteiger partial charge in [0.05, 0.1) is 0 Å². The maximum absolute atomic E-state index is 13.0. The molecule has 0 saturated carbocycles. The van der Waals surface area contributed by atoms with Gasteiger partial charge in [-0.2, -0.15) is 5.10 Å². The van der Waals surface area contributed by atoms with Crippen molar-refractivity contribution in [2.24, 2.45) is 0 Å². The first-order valence-electron chi connectivity index (χ1n) is 8.65. The zero-order valence-corrected chi connectivity index (χ0v) is 16.4. The van der Waals surface area contributed by atoms with Gasteiger partial charge in [-0.15, -0.1) is 10.2 Å². The third-order valence-corrected chi connectivity index (χ3v) is 6.04. The van der Waals surface area contributed by atoms with Gasteiger partial charge in [-0.1, -0.05) is 83.8 Å². The second-order valence-electron chi connectivity index (χ2n) is 5.94. The predicted octanol–water partition coefficient (Wildman–Crippen LogP) is 4.26. The summed E-state index contributed by atoms with van der Waals surface area (Å²) in [6.07, 6.45) is 3.44. The number of carbonyl (C=O) groups excluding carboxylic acids is 1. The highest BCUT2D eigenvalue weighted by molar-refractivity contribution is 8.00. The number of benzene rings is 2. The van der Waals surface area contributed by atoms with E-state index in [2.05, 4.69) is 32.7 Å². The molecule has 1 unspecified atom stereocenters. The zero-order chi connectivity index (χ0) is 19.2. The summed E-state index contributed by atoms with van der Waals surface area (Å²) in [7, 11) is 0. The van der Waals surface area contributed by atoms with Crippen molar-refractivity contribution in [2.75, 3.05) is 5.32 Å². The molecule has 2 heterocycles. The number of nitrogens with one attached hydrogen (secondary N) is 1. The lowest BCUT2D eigenvalue weighted by Crippen LogP contribution is -2.27. The molecule has 0 saturated heterocycles. The molecule has 28 heavy (non-hydrogen) atoms. The molecule has 1 N–H and O–H groups in total. The maximum atomic E-state index is 13.0. The van der Waals surface area contributed by atoms with Gasteiger partial charge in [0.15, 0.2) is 10.4 Å². The lowest BCUT2D eigenvalue weighted by molar-refractivity contribution is -0.118. The number of hydrogen-bond acceptors (Lipinski definition) is 6. The standard InChI is InChI=1S/C20H17N5OS2/c26-18(17(25-13-7-12-21-25)16-10-5-2-6-11-16)22-19-23-24-20(28-19)27-14-15-8-3-1-4-9-15/h1-13,17H,14H2,(H,22,23,26). The fourth-order valence-electron chi connectivity index (χ4n) is 2.70. The molecule has 0 aliphatic heterocycles. The van der Waals surface area contributed by atoms with Gasteiger partial charge < -0.3 is 0 Å². The van der Waals surface area contributed by atoms with Crippen LogP contribution in [0.25, 0.3) is 0 Å². The minimum atomic E-state index is -0.569. The third kappa shape index (κ3) is 4.47. The lowest BCUT2D eigenvalue weighted by atomic mass is 10.1. The Morgan fingerprint density at radius 2 is 1.79 bits per heavy atom. The minimum absolute atomic E-state index is 0.203. The van der Waals surface area contributed by atoms with Crippen LogP contribution < -0.4 is 5.32 Å². The Hall–Kier alpha value is -2.97. The first-order valence-corrected chi connectivity index (χ1v) is 10.4. The summed E-state index contributed by atoms with van der Waals surface area (Å²) in [6, 6.07) is 21.0. The van der Waals surface area contributed by atoms with Crippen LogP contribution in [0.3, 0.4) is 0 Å². The van der Waals surface area contributed by atoms with Gasteiger partial charge in [-0.05, 0) is 17.2 Å². The van der Waals surface area contributed by atoms with Gasteiger partial charge in [0.25, 0.3) is 5.91 Å². The van der Waals surface area contributed by atoms with Crippen molar-refractivity contribution in [2.45, 2.75) is 16.1 Å². The molecule has 0 aliphatic carbocycles. The summed E-state index contributed by atoms with van der Waals surface area (Å²) in [5, 5.41) is 15.9. The summed E-state index contributed by atoms with van der Waals surface area (Å²) < 4.78 is 2.45. The van der Waals surface area contributed by atoms with E-state index in [1.165, 1.54) is 16.9 Å². The van der Waals surface area contributed by atoms with Crippen molar-refractivity contribution in [1.82, 2.24) is 20.0 Å². The number of aromatic nitrogens is 4. The molecule has 0 bridgehead atoms. The number of thioether (sulfide) groups is 1. The molecular formula is C20H17N5OS2. The monoisotopic (exact) mass is 407 g/mol. The topological polar surface area (TPSA) is 72.7 Å². The van der Waals surface area contributed by atoms with Crippen LogP contribution in [-0.2, 0) is 10.5 Å². The lowest BCUT2D eigenvalue weighted by Gasteiger charge is -2.16. The average molecular weight is 408 g/mol. The number of amides is 1. The van der Waals surface area contributed by atoms with E-state index in [9.17, 15) is 4.79 Å². The third-order valence-electron chi connectivity index (χ3n) is 3.99. The highest BCUT2D eigenvalue weighted by atomic mass is 32.2. The van der Waals surface area contributed by atoms with Crippen LogP contribution >= 0.6 is 23.1 Å². The van der Waals surface area contributed by atoms with Crippen molar-refractivity contribution >= 4 is 34.1 Å². The molecule has 1 atom stereocenters. The number of rotatable bonds is 7. The minimum Gasteiger partial charge on any atom is -0.298 e. The Labute approximate surface area is 170 Å². The molecule has 2 aromatic carbocycles. The highest BCUT2D eigenvalue weighted by Crippen LogP contribution is 2.29. The van der Waals surface area contributed by atoms with E-state index in [1.54, 1.807) is 34.9 Å². The predicted molar refractivity (Wildman–Crippen MR) is 111 cm³/mol. The van der Waals surface area contributed by atoms with E-state index < -0.39 is 6.04 Å². The van der Waals surface area contributed by atoms with Crippen LogP contribution in [0, 0.1) is 0 Å². The van der Waals surface area contributed by atoms with Crippen molar-refractivity contribution in [3.8, 4) is 0 Å². The summed E-state index contributed by atoms with van der Waals surface area (Å²) in [6.45, 7) is 0. The van der Waals surface area contributed by atoms with Crippen molar-refractivity contribution in [3.05, 3.63) is 90.3 Å². The fraction of sp³-hybridized carbons (Fsp3) is 0.100. The Kier molecular flexibility index (Phi) is 5.79. The van der Waals surface area contributed by atoms with Crippen LogP contribution in [0.2, 0.25) is 0 Å². The average Bonchev–Trinajstić information content (AvgIpc) is 3.41. The van der Waals surface area contributed by atoms with Crippen LogP contribution in [0.1, 0.15) is 17.2 Å². The molecule has 1 amide bonds. The van der Waals surface area contributed by atoms with Crippen molar-refractivity contribution < 1.29 is 4.79 Å². The van der Waals surface area contributed by atoms with E-state index in [0.717, 1.165) is 15.7 Å². The molecule has 0 radical (unpaired) electrons. The smallest absolute Gasteiger partial charge is 0.255 e. The van der Waals surface area contributed by atoms with Crippen molar-refractivity contribution in [1.29, 1.82) is 0 Å². The number of nitrogens with zero attached hydrogens (tertiary/aromatic N) is 4. The Balaban J connectivity index is 1.45. The summed E-state index contributed by atoms with van der Waals surface area (Å²) >= 11 is 2.97. The molecular weight excluding hydrogens is 390 g/mol. The summed E-state index contributed by atoms with van der Waals surface area (Å²) in [4.78, 5) is 13.0. The quantitative estimate of drug-likeness (QED) is 0.366. The molecule has 0 aliphatic rings.